The first-order valence-corrected chi connectivity index (χ1v) is 5.74. The molecule has 4 heteroatoms. The first-order valence-electron chi connectivity index (χ1n) is 4.95. The van der Waals surface area contributed by atoms with Crippen LogP contribution in [0.1, 0.15) is 32.4 Å². The Kier molecular flexibility index (Phi) is 5.80. The summed E-state index contributed by atoms with van der Waals surface area (Å²) >= 11 is 3.45. The molecule has 0 aliphatic carbocycles. The van der Waals surface area contributed by atoms with Crippen LogP contribution in [0.2, 0.25) is 0 Å². The first kappa shape index (κ1) is 15.8. The fourth-order valence-corrected chi connectivity index (χ4v) is 1.79. The largest absolute Gasteiger partial charge is 0.496 e. The summed E-state index contributed by atoms with van der Waals surface area (Å²) in [6.45, 7) is 6.37. The van der Waals surface area contributed by atoms with Crippen molar-refractivity contribution in [3.63, 3.8) is 0 Å². The smallest absolute Gasteiger partial charge is 0.123 e. The molecule has 0 spiro atoms. The van der Waals surface area contributed by atoms with Crippen LogP contribution in [0.15, 0.2) is 22.7 Å². The zero-order valence-corrected chi connectivity index (χ0v) is 12.5. The van der Waals surface area contributed by atoms with Gasteiger partial charge in [0, 0.05) is 16.1 Å². The van der Waals surface area contributed by atoms with Crippen LogP contribution < -0.4 is 10.5 Å². The minimum atomic E-state index is -0.0371. The second-order valence-electron chi connectivity index (χ2n) is 4.73. The third-order valence-electron chi connectivity index (χ3n) is 2.46. The minimum Gasteiger partial charge on any atom is -0.496 e. The van der Waals surface area contributed by atoms with Crippen molar-refractivity contribution in [2.75, 3.05) is 7.11 Å². The molecule has 0 aliphatic rings. The number of ether oxygens (including phenoxy) is 1. The van der Waals surface area contributed by atoms with E-state index in [0.29, 0.717) is 0 Å². The topological polar surface area (TPSA) is 35.2 Å². The van der Waals surface area contributed by atoms with Crippen LogP contribution in [0.4, 0.5) is 0 Å². The highest BCUT2D eigenvalue weighted by Crippen LogP contribution is 2.36. The summed E-state index contributed by atoms with van der Waals surface area (Å²) < 4.78 is 6.34. The molecule has 0 amide bonds. The number of halogens is 2. The summed E-state index contributed by atoms with van der Waals surface area (Å²) in [6, 6.07) is 5.88. The van der Waals surface area contributed by atoms with E-state index in [0.717, 1.165) is 15.8 Å². The van der Waals surface area contributed by atoms with Crippen molar-refractivity contribution in [2.45, 2.75) is 26.8 Å². The van der Waals surface area contributed by atoms with E-state index >= 15 is 0 Å². The van der Waals surface area contributed by atoms with Gasteiger partial charge < -0.3 is 10.5 Å². The maximum atomic E-state index is 6.22. The van der Waals surface area contributed by atoms with Gasteiger partial charge in [0.1, 0.15) is 5.75 Å². The lowest BCUT2D eigenvalue weighted by Gasteiger charge is -2.28. The molecule has 0 saturated heterocycles. The summed E-state index contributed by atoms with van der Waals surface area (Å²) in [5, 5.41) is 0. The van der Waals surface area contributed by atoms with Gasteiger partial charge >= 0.3 is 0 Å². The molecule has 2 N–H and O–H groups in total. The van der Waals surface area contributed by atoms with Crippen LogP contribution in [-0.2, 0) is 0 Å². The zero-order valence-electron chi connectivity index (χ0n) is 10.1. The molecule has 16 heavy (non-hydrogen) atoms. The van der Waals surface area contributed by atoms with E-state index in [1.807, 2.05) is 18.2 Å². The fourth-order valence-electron chi connectivity index (χ4n) is 1.41. The Morgan fingerprint density at radius 3 is 2.31 bits per heavy atom. The van der Waals surface area contributed by atoms with Crippen molar-refractivity contribution >= 4 is 28.3 Å². The average molecular weight is 309 g/mol. The lowest BCUT2D eigenvalue weighted by molar-refractivity contribution is 0.314. The quantitative estimate of drug-likeness (QED) is 0.898. The van der Waals surface area contributed by atoms with E-state index in [9.17, 15) is 0 Å². The maximum Gasteiger partial charge on any atom is 0.123 e. The number of benzene rings is 1. The summed E-state index contributed by atoms with van der Waals surface area (Å²) in [5.41, 5.74) is 7.28. The highest BCUT2D eigenvalue weighted by Gasteiger charge is 2.25. The van der Waals surface area contributed by atoms with Crippen LogP contribution in [0, 0.1) is 5.41 Å². The summed E-state index contributed by atoms with van der Waals surface area (Å²) in [4.78, 5) is 0. The first-order chi connectivity index (χ1) is 6.86. The van der Waals surface area contributed by atoms with E-state index < -0.39 is 0 Å². The van der Waals surface area contributed by atoms with Gasteiger partial charge in [0.25, 0.3) is 0 Å². The van der Waals surface area contributed by atoms with Gasteiger partial charge in [0.15, 0.2) is 0 Å². The normalized spacial score (nSPS) is 12.9. The highest BCUT2D eigenvalue weighted by atomic mass is 79.9. The Balaban J connectivity index is 0.00000225. The van der Waals surface area contributed by atoms with Crippen molar-refractivity contribution < 1.29 is 4.74 Å². The monoisotopic (exact) mass is 307 g/mol. The molecule has 0 saturated carbocycles. The summed E-state index contributed by atoms with van der Waals surface area (Å²) in [5.74, 6) is 0.848. The number of rotatable bonds is 2. The highest BCUT2D eigenvalue weighted by molar-refractivity contribution is 9.10. The summed E-state index contributed by atoms with van der Waals surface area (Å²) in [6.07, 6.45) is 0. The predicted octanol–water partition coefficient (Wildman–Crippen LogP) is 3.93. The van der Waals surface area contributed by atoms with Gasteiger partial charge in [-0.25, -0.2) is 0 Å². The molecule has 0 aliphatic heterocycles. The number of nitrogens with two attached hydrogens (primary N) is 1. The SMILES string of the molecule is COc1ccc(Br)cc1[C@H](N)C(C)(C)C.Cl. The Hall–Kier alpha value is -0.250. The lowest BCUT2D eigenvalue weighted by atomic mass is 9.83. The van der Waals surface area contributed by atoms with Gasteiger partial charge in [-0.15, -0.1) is 12.4 Å². The molecule has 0 heterocycles. The van der Waals surface area contributed by atoms with Crippen LogP contribution >= 0.6 is 28.3 Å². The Morgan fingerprint density at radius 1 is 1.31 bits per heavy atom. The van der Waals surface area contributed by atoms with Crippen molar-refractivity contribution in [2.24, 2.45) is 11.1 Å². The van der Waals surface area contributed by atoms with Crippen LogP contribution in [0.5, 0.6) is 5.75 Å². The third kappa shape index (κ3) is 3.65. The predicted molar refractivity (Wildman–Crippen MR) is 74.3 cm³/mol. The molecule has 0 aromatic heterocycles. The maximum absolute atomic E-state index is 6.22. The molecule has 1 aromatic carbocycles. The van der Waals surface area contributed by atoms with Crippen LogP contribution in [-0.4, -0.2) is 7.11 Å². The van der Waals surface area contributed by atoms with Gasteiger partial charge in [-0.05, 0) is 23.6 Å². The van der Waals surface area contributed by atoms with Crippen molar-refractivity contribution in [1.82, 2.24) is 0 Å². The molecule has 1 aromatic rings. The molecular formula is C12H19BrClNO. The van der Waals surface area contributed by atoms with E-state index in [1.165, 1.54) is 0 Å². The van der Waals surface area contributed by atoms with Gasteiger partial charge in [0.05, 0.1) is 7.11 Å². The Bertz CT molecular complexity index is 349. The number of hydrogen-bond acceptors (Lipinski definition) is 2. The van der Waals surface area contributed by atoms with Gasteiger partial charge in [-0.2, -0.15) is 0 Å². The molecule has 1 atom stereocenters. The lowest BCUT2D eigenvalue weighted by Crippen LogP contribution is -2.26. The number of hydrogen-bond donors (Lipinski definition) is 1. The van der Waals surface area contributed by atoms with Gasteiger partial charge in [0.2, 0.25) is 0 Å². The van der Waals surface area contributed by atoms with Gasteiger partial charge in [-0.3, -0.25) is 0 Å². The van der Waals surface area contributed by atoms with E-state index in [4.69, 9.17) is 10.5 Å². The third-order valence-corrected chi connectivity index (χ3v) is 2.95. The Labute approximate surface area is 112 Å². The molecule has 0 bridgehead atoms. The number of methoxy groups -OCH3 is 1. The fraction of sp³-hybridized carbons (Fsp3) is 0.500. The van der Waals surface area contributed by atoms with Gasteiger partial charge in [-0.1, -0.05) is 36.7 Å². The second kappa shape index (κ2) is 5.89. The molecule has 0 unspecified atom stereocenters. The standard InChI is InChI=1S/C12H18BrNO.ClH/c1-12(2,3)11(14)9-7-8(13)5-6-10(9)15-4;/h5-7,11H,14H2,1-4H3;1H/t11-;/m0./s1. The van der Waals surface area contributed by atoms with E-state index in [1.54, 1.807) is 7.11 Å². The van der Waals surface area contributed by atoms with E-state index in [2.05, 4.69) is 36.7 Å². The Morgan fingerprint density at radius 2 is 1.88 bits per heavy atom. The van der Waals surface area contributed by atoms with Crippen molar-refractivity contribution in [1.29, 1.82) is 0 Å². The van der Waals surface area contributed by atoms with Crippen molar-refractivity contribution in [3.05, 3.63) is 28.2 Å². The molecular weight excluding hydrogens is 289 g/mol. The molecule has 1 rings (SSSR count). The zero-order chi connectivity index (χ0) is 11.6. The molecule has 2 nitrogen and oxygen atoms in total. The van der Waals surface area contributed by atoms with E-state index in [-0.39, 0.29) is 23.9 Å². The van der Waals surface area contributed by atoms with Crippen LogP contribution in [0.3, 0.4) is 0 Å². The molecule has 0 radical (unpaired) electrons. The molecule has 0 fully saturated rings. The summed E-state index contributed by atoms with van der Waals surface area (Å²) in [7, 11) is 1.67. The average Bonchev–Trinajstić information content (AvgIpc) is 2.15. The van der Waals surface area contributed by atoms with Crippen molar-refractivity contribution in [3.8, 4) is 5.75 Å². The second-order valence-corrected chi connectivity index (χ2v) is 5.65. The van der Waals surface area contributed by atoms with Crippen LogP contribution in [0.25, 0.3) is 0 Å². The minimum absolute atomic E-state index is 0. The molecule has 92 valence electrons.